The molecule has 0 bridgehead atoms. The molecule has 0 spiro atoms. The number of esters is 2. The highest BCUT2D eigenvalue weighted by Gasteiger charge is 2.25. The number of benzene rings is 2. The molecule has 0 heterocycles. The molecular weight excluding hydrogens is 737 g/mol. The summed E-state index contributed by atoms with van der Waals surface area (Å²) in [6.45, 7) is 8.51. The molecule has 0 atom stereocenters. The fourth-order valence-corrected chi connectivity index (χ4v) is 6.58. The van der Waals surface area contributed by atoms with Gasteiger partial charge in [-0.2, -0.15) is 0 Å². The number of rotatable bonds is 32. The summed E-state index contributed by atoms with van der Waals surface area (Å²) in [7, 11) is 0. The van der Waals surface area contributed by atoms with Gasteiger partial charge in [-0.05, 0) is 62.1 Å². The Morgan fingerprint density at radius 3 is 1.00 bits per heavy atom. The van der Waals surface area contributed by atoms with Crippen molar-refractivity contribution in [2.24, 2.45) is 0 Å². The van der Waals surface area contributed by atoms with E-state index < -0.39 is 23.9 Å². The van der Waals surface area contributed by atoms with Crippen molar-refractivity contribution in [1.29, 1.82) is 0 Å². The zero-order valence-corrected chi connectivity index (χ0v) is 35.9. The Morgan fingerprint density at radius 1 is 0.379 bits per heavy atom. The van der Waals surface area contributed by atoms with E-state index in [1.54, 1.807) is 0 Å². The number of hydrogen-bond donors (Lipinski definition) is 0. The SMILES string of the molecule is CCCCCCCCC(=O)Oc1ccc(C(=O)CCCCCCC)cc1C(=O)OOC(=O)c1cc(C(=O)CCCCCCC)ccc1OC(=O)CCCCCCCC. The maximum absolute atomic E-state index is 13.6. The van der Waals surface area contributed by atoms with Gasteiger partial charge in [-0.15, -0.1) is 0 Å². The molecule has 0 radical (unpaired) electrons. The van der Waals surface area contributed by atoms with Crippen molar-refractivity contribution in [3.8, 4) is 11.5 Å². The molecule has 0 fully saturated rings. The number of ketones is 2. The molecule has 0 saturated carbocycles. The molecule has 0 aliphatic rings. The van der Waals surface area contributed by atoms with Crippen LogP contribution in [0.25, 0.3) is 0 Å². The van der Waals surface area contributed by atoms with Gasteiger partial charge in [0.25, 0.3) is 0 Å². The first kappa shape index (κ1) is 49.8. The first-order chi connectivity index (χ1) is 28.1. The zero-order chi connectivity index (χ0) is 42.4. The van der Waals surface area contributed by atoms with Crippen molar-refractivity contribution >= 4 is 35.4 Å². The summed E-state index contributed by atoms with van der Waals surface area (Å²) in [5.74, 6) is -4.08. The molecule has 0 amide bonds. The summed E-state index contributed by atoms with van der Waals surface area (Å²) >= 11 is 0. The molecular formula is C48H70O10. The maximum Gasteiger partial charge on any atom is 0.390 e. The Balaban J connectivity index is 2.28. The van der Waals surface area contributed by atoms with Crippen molar-refractivity contribution in [2.75, 3.05) is 0 Å². The van der Waals surface area contributed by atoms with Gasteiger partial charge in [0.15, 0.2) is 11.6 Å². The Bertz CT molecular complexity index is 1450. The van der Waals surface area contributed by atoms with Gasteiger partial charge < -0.3 is 9.47 Å². The van der Waals surface area contributed by atoms with Crippen molar-refractivity contribution in [2.45, 2.75) is 195 Å². The van der Waals surface area contributed by atoms with E-state index in [0.717, 1.165) is 116 Å². The standard InChI is InChI=1S/C48H70O10/c1-5-9-13-17-21-25-29-45(51)55-43-33-31-37(41(49)27-23-19-15-11-7-3)35-39(43)47(53)57-58-48(54)40-36-38(42(50)28-24-20-16-12-8-4)32-34-44(40)56-46(52)30-26-22-18-14-10-6-2/h31-36H,5-30H2,1-4H3. The quantitative estimate of drug-likeness (QED) is 0.0175. The van der Waals surface area contributed by atoms with E-state index in [0.29, 0.717) is 25.7 Å². The Hall–Kier alpha value is -4.34. The molecule has 322 valence electrons. The third kappa shape index (κ3) is 20.4. The highest BCUT2D eigenvalue weighted by Crippen LogP contribution is 2.27. The molecule has 2 aromatic carbocycles. The summed E-state index contributed by atoms with van der Waals surface area (Å²) < 4.78 is 11.2. The van der Waals surface area contributed by atoms with Crippen molar-refractivity contribution in [3.63, 3.8) is 0 Å². The summed E-state index contributed by atoms with van der Waals surface area (Å²) in [6, 6.07) is 8.33. The van der Waals surface area contributed by atoms with Gasteiger partial charge in [0.1, 0.15) is 22.6 Å². The highest BCUT2D eigenvalue weighted by atomic mass is 17.2. The van der Waals surface area contributed by atoms with Crippen molar-refractivity contribution in [3.05, 3.63) is 58.7 Å². The van der Waals surface area contributed by atoms with E-state index in [4.69, 9.17) is 19.2 Å². The molecule has 0 N–H and O–H groups in total. The van der Waals surface area contributed by atoms with Crippen LogP contribution in [0.1, 0.15) is 236 Å². The Kier molecular flexibility index (Phi) is 26.4. The van der Waals surface area contributed by atoms with Gasteiger partial charge in [-0.1, -0.05) is 143 Å². The molecule has 2 rings (SSSR count). The minimum Gasteiger partial charge on any atom is -0.426 e. The third-order valence-corrected chi connectivity index (χ3v) is 10.2. The molecule has 58 heavy (non-hydrogen) atoms. The van der Waals surface area contributed by atoms with E-state index >= 15 is 0 Å². The summed E-state index contributed by atoms with van der Waals surface area (Å²) in [4.78, 5) is 89.0. The Labute approximate surface area is 347 Å². The second kappa shape index (κ2) is 30.7. The lowest BCUT2D eigenvalue weighted by molar-refractivity contribution is -0.187. The fourth-order valence-electron chi connectivity index (χ4n) is 6.58. The predicted octanol–water partition coefficient (Wildman–Crippen LogP) is 13.0. The van der Waals surface area contributed by atoms with E-state index in [1.165, 1.54) is 36.4 Å². The summed E-state index contributed by atoms with van der Waals surface area (Å²) in [5.41, 5.74) is -0.0769. The normalized spacial score (nSPS) is 10.9. The number of carbonyl (C=O) groups is 6. The minimum absolute atomic E-state index is 0.132. The highest BCUT2D eigenvalue weighted by molar-refractivity contribution is 6.02. The average molecular weight is 807 g/mol. The van der Waals surface area contributed by atoms with Crippen LogP contribution in [-0.4, -0.2) is 35.4 Å². The largest absolute Gasteiger partial charge is 0.426 e. The lowest BCUT2D eigenvalue weighted by atomic mass is 10.0. The predicted molar refractivity (Wildman–Crippen MR) is 226 cm³/mol. The zero-order valence-electron chi connectivity index (χ0n) is 35.9. The number of Topliss-reactive ketones (excluding diaryl/α,β-unsaturated/α-hetero) is 2. The van der Waals surface area contributed by atoms with Crippen LogP contribution in [0.4, 0.5) is 0 Å². The first-order valence-electron chi connectivity index (χ1n) is 22.3. The van der Waals surface area contributed by atoms with Crippen LogP contribution in [0, 0.1) is 0 Å². The monoisotopic (exact) mass is 806 g/mol. The summed E-state index contributed by atoms with van der Waals surface area (Å²) in [6.07, 6.45) is 22.1. The number of carbonyl (C=O) groups excluding carboxylic acids is 6. The Morgan fingerprint density at radius 2 is 0.672 bits per heavy atom. The van der Waals surface area contributed by atoms with Crippen LogP contribution in [0.2, 0.25) is 0 Å². The average Bonchev–Trinajstić information content (AvgIpc) is 3.22. The van der Waals surface area contributed by atoms with Gasteiger partial charge in [-0.25, -0.2) is 19.4 Å². The molecule has 0 aliphatic heterocycles. The number of ether oxygens (including phenoxy) is 2. The molecule has 0 aromatic heterocycles. The molecule has 10 nitrogen and oxygen atoms in total. The van der Waals surface area contributed by atoms with Crippen LogP contribution in [0.3, 0.4) is 0 Å². The van der Waals surface area contributed by atoms with Crippen LogP contribution in [0.15, 0.2) is 36.4 Å². The lowest BCUT2D eigenvalue weighted by Gasteiger charge is -2.13. The van der Waals surface area contributed by atoms with Gasteiger partial charge in [0, 0.05) is 36.8 Å². The first-order valence-corrected chi connectivity index (χ1v) is 22.3. The van der Waals surface area contributed by atoms with E-state index in [-0.39, 0.29) is 71.0 Å². The molecule has 0 aliphatic carbocycles. The minimum atomic E-state index is -1.17. The topological polar surface area (TPSA) is 139 Å². The maximum atomic E-state index is 13.6. The fraction of sp³-hybridized carbons (Fsp3) is 0.625. The second-order valence-corrected chi connectivity index (χ2v) is 15.3. The smallest absolute Gasteiger partial charge is 0.390 e. The van der Waals surface area contributed by atoms with Gasteiger partial charge in [0.2, 0.25) is 0 Å². The summed E-state index contributed by atoms with van der Waals surface area (Å²) in [5, 5.41) is 0. The van der Waals surface area contributed by atoms with Gasteiger partial charge in [0.05, 0.1) is 0 Å². The van der Waals surface area contributed by atoms with Crippen molar-refractivity contribution in [1.82, 2.24) is 0 Å². The number of unbranched alkanes of at least 4 members (excludes halogenated alkanes) is 18. The molecule has 0 saturated heterocycles. The van der Waals surface area contributed by atoms with Crippen molar-refractivity contribution < 1.29 is 48.0 Å². The van der Waals surface area contributed by atoms with Gasteiger partial charge >= 0.3 is 23.9 Å². The number of hydrogen-bond acceptors (Lipinski definition) is 10. The molecule has 0 unspecified atom stereocenters. The molecule has 10 heteroatoms. The van der Waals surface area contributed by atoms with Gasteiger partial charge in [-0.3, -0.25) is 19.2 Å². The van der Waals surface area contributed by atoms with Crippen LogP contribution in [-0.2, 0) is 19.4 Å². The van der Waals surface area contributed by atoms with E-state index in [1.807, 2.05) is 0 Å². The van der Waals surface area contributed by atoms with E-state index in [9.17, 15) is 28.8 Å². The van der Waals surface area contributed by atoms with Crippen LogP contribution < -0.4 is 9.47 Å². The third-order valence-electron chi connectivity index (χ3n) is 10.2. The van der Waals surface area contributed by atoms with Crippen LogP contribution >= 0.6 is 0 Å². The van der Waals surface area contributed by atoms with E-state index in [2.05, 4.69) is 27.7 Å². The molecule has 2 aromatic rings. The second-order valence-electron chi connectivity index (χ2n) is 15.3. The lowest BCUT2D eigenvalue weighted by Crippen LogP contribution is -2.17. The van der Waals surface area contributed by atoms with Crippen LogP contribution in [0.5, 0.6) is 11.5 Å².